The Kier molecular flexibility index (Phi) is 3.94. The lowest BCUT2D eigenvalue weighted by molar-refractivity contribution is -0.134. The first-order valence-corrected chi connectivity index (χ1v) is 6.27. The minimum absolute atomic E-state index is 0.0236. The number of nitrogens with one attached hydrogen (secondary N) is 2. The summed E-state index contributed by atoms with van der Waals surface area (Å²) >= 11 is 0. The number of ketones is 1. The number of hydrogen-bond acceptors (Lipinski definition) is 3. The molecule has 1 atom stereocenters. The van der Waals surface area contributed by atoms with Crippen LogP contribution in [0.1, 0.15) is 30.1 Å². The molecule has 1 heterocycles. The van der Waals surface area contributed by atoms with E-state index in [-0.39, 0.29) is 17.6 Å². The normalized spacial score (nSPS) is 18.6. The Morgan fingerprint density at radius 1 is 1.26 bits per heavy atom. The maximum absolute atomic E-state index is 12.0. The van der Waals surface area contributed by atoms with Crippen molar-refractivity contribution in [3.63, 3.8) is 0 Å². The Bertz CT molecular complexity index is 508. The van der Waals surface area contributed by atoms with Crippen LogP contribution in [-0.4, -0.2) is 24.1 Å². The predicted octanol–water partition coefficient (Wildman–Crippen LogP) is 1.35. The average Bonchev–Trinajstić information content (AvgIpc) is 2.39. The van der Waals surface area contributed by atoms with Crippen molar-refractivity contribution in [3.05, 3.63) is 29.8 Å². The third kappa shape index (κ3) is 3.19. The molecule has 1 fully saturated rings. The van der Waals surface area contributed by atoms with Crippen molar-refractivity contribution in [2.24, 2.45) is 5.92 Å². The summed E-state index contributed by atoms with van der Waals surface area (Å²) in [5, 5.41) is 5.38. The lowest BCUT2D eigenvalue weighted by Crippen LogP contribution is -2.42. The molecule has 19 heavy (non-hydrogen) atoms. The Labute approximate surface area is 111 Å². The van der Waals surface area contributed by atoms with Gasteiger partial charge in [-0.2, -0.15) is 0 Å². The van der Waals surface area contributed by atoms with Gasteiger partial charge in [0.1, 0.15) is 5.92 Å². The molecular weight excluding hydrogens is 244 g/mol. The van der Waals surface area contributed by atoms with Crippen molar-refractivity contribution in [2.45, 2.75) is 19.8 Å². The number of hydrogen-bond donors (Lipinski definition) is 2. The van der Waals surface area contributed by atoms with Crippen LogP contribution < -0.4 is 10.6 Å². The van der Waals surface area contributed by atoms with Gasteiger partial charge >= 0.3 is 0 Å². The molecular formula is C14H16N2O3. The predicted molar refractivity (Wildman–Crippen MR) is 70.8 cm³/mol. The fourth-order valence-electron chi connectivity index (χ4n) is 2.04. The van der Waals surface area contributed by atoms with Gasteiger partial charge in [0.25, 0.3) is 0 Å². The van der Waals surface area contributed by atoms with Gasteiger partial charge in [-0.15, -0.1) is 0 Å². The summed E-state index contributed by atoms with van der Waals surface area (Å²) in [6.45, 7) is 2.12. The summed E-state index contributed by atoms with van der Waals surface area (Å²) in [6, 6.07) is 6.63. The fraction of sp³-hybridized carbons (Fsp3) is 0.357. The third-order valence-electron chi connectivity index (χ3n) is 3.16. The minimum Gasteiger partial charge on any atom is -0.355 e. The Hall–Kier alpha value is -2.17. The van der Waals surface area contributed by atoms with Crippen molar-refractivity contribution in [1.82, 2.24) is 5.32 Å². The number of amides is 2. The number of carbonyl (C=O) groups is 3. The number of anilines is 1. The highest BCUT2D eigenvalue weighted by Crippen LogP contribution is 2.16. The highest BCUT2D eigenvalue weighted by molar-refractivity contribution is 6.06. The average molecular weight is 260 g/mol. The number of rotatable bonds is 3. The molecule has 0 radical (unpaired) electrons. The summed E-state index contributed by atoms with van der Waals surface area (Å²) in [7, 11) is 0. The molecule has 100 valence electrons. The summed E-state index contributed by atoms with van der Waals surface area (Å²) in [5.74, 6) is -1.16. The van der Waals surface area contributed by atoms with E-state index in [1.165, 1.54) is 6.92 Å². The molecule has 1 aliphatic rings. The Morgan fingerprint density at radius 3 is 2.53 bits per heavy atom. The van der Waals surface area contributed by atoms with Crippen molar-refractivity contribution >= 4 is 23.3 Å². The first-order valence-electron chi connectivity index (χ1n) is 6.27. The highest BCUT2D eigenvalue weighted by Gasteiger charge is 2.28. The molecule has 2 N–H and O–H groups in total. The molecule has 2 rings (SSSR count). The van der Waals surface area contributed by atoms with Crippen LogP contribution >= 0.6 is 0 Å². The van der Waals surface area contributed by atoms with Crippen LogP contribution in [0, 0.1) is 5.92 Å². The summed E-state index contributed by atoms with van der Waals surface area (Å²) < 4.78 is 0. The summed E-state index contributed by atoms with van der Waals surface area (Å²) in [6.07, 6.45) is 1.39. The standard InChI is InChI=1S/C14H16N2O3/c1-9(17)10-4-6-11(7-5-10)16-14(19)12-3-2-8-15-13(12)18/h4-7,12H,2-3,8H2,1H3,(H,15,18)(H,16,19)/t12-/m0/s1. The second-order valence-electron chi connectivity index (χ2n) is 4.61. The van der Waals surface area contributed by atoms with Crippen LogP contribution in [0.15, 0.2) is 24.3 Å². The molecule has 2 amide bonds. The molecule has 0 aliphatic carbocycles. The zero-order valence-corrected chi connectivity index (χ0v) is 10.7. The van der Waals surface area contributed by atoms with Crippen LogP contribution in [0.3, 0.4) is 0 Å². The topological polar surface area (TPSA) is 75.3 Å². The molecule has 1 aromatic rings. The fourth-order valence-corrected chi connectivity index (χ4v) is 2.04. The van der Waals surface area contributed by atoms with Gasteiger partial charge in [-0.1, -0.05) is 0 Å². The first kappa shape index (κ1) is 13.3. The van der Waals surface area contributed by atoms with Crippen molar-refractivity contribution in [1.29, 1.82) is 0 Å². The molecule has 1 aliphatic heterocycles. The van der Waals surface area contributed by atoms with Crippen LogP contribution in [0.2, 0.25) is 0 Å². The van der Waals surface area contributed by atoms with E-state index in [0.717, 1.165) is 6.42 Å². The Balaban J connectivity index is 2.02. The maximum Gasteiger partial charge on any atom is 0.236 e. The molecule has 0 saturated carbocycles. The SMILES string of the molecule is CC(=O)c1ccc(NC(=O)[C@H]2CCCNC2=O)cc1. The van der Waals surface area contributed by atoms with E-state index >= 15 is 0 Å². The van der Waals surface area contributed by atoms with E-state index in [0.29, 0.717) is 24.2 Å². The van der Waals surface area contributed by atoms with Gasteiger partial charge in [-0.25, -0.2) is 0 Å². The zero-order chi connectivity index (χ0) is 13.8. The van der Waals surface area contributed by atoms with Gasteiger partial charge in [0.2, 0.25) is 11.8 Å². The monoisotopic (exact) mass is 260 g/mol. The van der Waals surface area contributed by atoms with E-state index in [1.54, 1.807) is 24.3 Å². The number of Topliss-reactive ketones (excluding diaryl/α,β-unsaturated/α-hetero) is 1. The molecule has 1 saturated heterocycles. The van der Waals surface area contributed by atoms with Crippen LogP contribution in [-0.2, 0) is 9.59 Å². The van der Waals surface area contributed by atoms with E-state index in [2.05, 4.69) is 10.6 Å². The van der Waals surface area contributed by atoms with Gasteiger partial charge in [-0.3, -0.25) is 14.4 Å². The molecule has 0 bridgehead atoms. The molecule has 0 spiro atoms. The van der Waals surface area contributed by atoms with Gasteiger partial charge in [0.05, 0.1) is 0 Å². The van der Waals surface area contributed by atoms with Crippen LogP contribution in [0.4, 0.5) is 5.69 Å². The Morgan fingerprint density at radius 2 is 1.95 bits per heavy atom. The van der Waals surface area contributed by atoms with Crippen LogP contribution in [0.5, 0.6) is 0 Å². The quantitative estimate of drug-likeness (QED) is 0.636. The maximum atomic E-state index is 12.0. The van der Waals surface area contributed by atoms with E-state index in [4.69, 9.17) is 0 Å². The third-order valence-corrected chi connectivity index (χ3v) is 3.16. The highest BCUT2D eigenvalue weighted by atomic mass is 16.2. The largest absolute Gasteiger partial charge is 0.355 e. The number of benzene rings is 1. The van der Waals surface area contributed by atoms with Crippen LogP contribution in [0.25, 0.3) is 0 Å². The van der Waals surface area contributed by atoms with Crippen molar-refractivity contribution in [3.8, 4) is 0 Å². The summed E-state index contributed by atoms with van der Waals surface area (Å²) in [5.41, 5.74) is 1.18. The van der Waals surface area contributed by atoms with Gasteiger partial charge in [0, 0.05) is 17.8 Å². The van der Waals surface area contributed by atoms with E-state index in [1.807, 2.05) is 0 Å². The smallest absolute Gasteiger partial charge is 0.236 e. The second-order valence-corrected chi connectivity index (χ2v) is 4.61. The van der Waals surface area contributed by atoms with E-state index in [9.17, 15) is 14.4 Å². The molecule has 5 nitrogen and oxygen atoms in total. The van der Waals surface area contributed by atoms with Gasteiger partial charge in [0.15, 0.2) is 5.78 Å². The van der Waals surface area contributed by atoms with Gasteiger partial charge < -0.3 is 10.6 Å². The van der Waals surface area contributed by atoms with Crippen molar-refractivity contribution in [2.75, 3.05) is 11.9 Å². The van der Waals surface area contributed by atoms with Crippen molar-refractivity contribution < 1.29 is 14.4 Å². The number of piperidine rings is 1. The lowest BCUT2D eigenvalue weighted by atomic mass is 9.97. The zero-order valence-electron chi connectivity index (χ0n) is 10.7. The first-order chi connectivity index (χ1) is 9.08. The molecule has 0 aromatic heterocycles. The molecule has 0 unspecified atom stereocenters. The van der Waals surface area contributed by atoms with E-state index < -0.39 is 5.92 Å². The molecule has 5 heteroatoms. The number of carbonyl (C=O) groups excluding carboxylic acids is 3. The second kappa shape index (κ2) is 5.65. The minimum atomic E-state index is -0.624. The van der Waals surface area contributed by atoms with Gasteiger partial charge in [-0.05, 0) is 44.0 Å². The molecule has 1 aromatic carbocycles. The summed E-state index contributed by atoms with van der Waals surface area (Å²) in [4.78, 5) is 34.6. The lowest BCUT2D eigenvalue weighted by Gasteiger charge is -2.21.